The average Bonchev–Trinajstić information content (AvgIpc) is 3.28. The summed E-state index contributed by atoms with van der Waals surface area (Å²) in [5.41, 5.74) is 3.89. The normalized spacial score (nSPS) is 15.5. The Labute approximate surface area is 247 Å². The maximum atomic E-state index is 13.3. The molecular weight excluding hydrogens is 590 g/mol. The van der Waals surface area contributed by atoms with Crippen molar-refractivity contribution in [2.24, 2.45) is 0 Å². The molecule has 2 N–H and O–H groups in total. The highest BCUT2D eigenvalue weighted by Gasteiger charge is 2.52. The Morgan fingerprint density at radius 2 is 1.61 bits per heavy atom. The summed E-state index contributed by atoms with van der Waals surface area (Å²) >= 11 is 3.63. The standard InChI is InChI=1S/C29H34BrN7O4/c1-34(2)27(39)21-9-5-20(6-10-21)16-36-13-14-37-23(29(36)17-41-18-29)24(30)33-25(37)26(38)31-15-19-7-11-22(12-8-19)32-28(40)35(3)4/h5-12H,13-18H2,1-4H3,(H,31,38)(H,32,40). The van der Waals surface area contributed by atoms with Gasteiger partial charge < -0.3 is 29.7 Å². The zero-order chi connectivity index (χ0) is 29.3. The molecule has 0 bridgehead atoms. The Morgan fingerprint density at radius 3 is 2.20 bits per heavy atom. The van der Waals surface area contributed by atoms with E-state index in [-0.39, 0.29) is 17.8 Å². The Balaban J connectivity index is 1.28. The van der Waals surface area contributed by atoms with Gasteiger partial charge in [-0.15, -0.1) is 0 Å². The van der Waals surface area contributed by atoms with Crippen LogP contribution in [-0.4, -0.2) is 90.0 Å². The number of carbonyl (C=O) groups excluding carboxylic acids is 3. The summed E-state index contributed by atoms with van der Waals surface area (Å²) in [4.78, 5) is 47.4. The number of benzene rings is 2. The van der Waals surface area contributed by atoms with Crippen molar-refractivity contribution in [1.82, 2.24) is 29.6 Å². The maximum Gasteiger partial charge on any atom is 0.321 e. The minimum Gasteiger partial charge on any atom is -0.377 e. The van der Waals surface area contributed by atoms with E-state index in [4.69, 9.17) is 4.74 Å². The second kappa shape index (κ2) is 11.6. The first kappa shape index (κ1) is 28.8. The third-order valence-corrected chi connectivity index (χ3v) is 8.05. The van der Waals surface area contributed by atoms with Gasteiger partial charge in [-0.3, -0.25) is 14.5 Å². The number of nitrogens with zero attached hydrogens (tertiary/aromatic N) is 5. The summed E-state index contributed by atoms with van der Waals surface area (Å²) in [7, 11) is 6.84. The van der Waals surface area contributed by atoms with Gasteiger partial charge in [0.05, 0.1) is 18.9 Å². The van der Waals surface area contributed by atoms with Crippen LogP contribution in [0.25, 0.3) is 0 Å². The summed E-state index contributed by atoms with van der Waals surface area (Å²) in [6.45, 7) is 3.35. The van der Waals surface area contributed by atoms with Crippen LogP contribution in [-0.2, 0) is 29.9 Å². The van der Waals surface area contributed by atoms with Crippen LogP contribution in [0.15, 0.2) is 53.1 Å². The molecule has 11 nitrogen and oxygen atoms in total. The first-order valence-electron chi connectivity index (χ1n) is 13.3. The van der Waals surface area contributed by atoms with Crippen LogP contribution < -0.4 is 10.6 Å². The van der Waals surface area contributed by atoms with Crippen LogP contribution in [0, 0.1) is 0 Å². The maximum absolute atomic E-state index is 13.3. The van der Waals surface area contributed by atoms with Crippen LogP contribution in [0.1, 0.15) is 37.8 Å². The van der Waals surface area contributed by atoms with E-state index in [9.17, 15) is 14.4 Å². The lowest BCUT2D eigenvalue weighted by atomic mass is 9.88. The van der Waals surface area contributed by atoms with Gasteiger partial charge in [-0.05, 0) is 51.3 Å². The first-order chi connectivity index (χ1) is 19.6. The highest BCUT2D eigenvalue weighted by atomic mass is 79.9. The van der Waals surface area contributed by atoms with E-state index in [2.05, 4.69) is 36.4 Å². The third kappa shape index (κ3) is 5.72. The molecule has 2 aliphatic heterocycles. The van der Waals surface area contributed by atoms with Gasteiger partial charge in [0.2, 0.25) is 0 Å². The van der Waals surface area contributed by atoms with E-state index in [1.165, 1.54) is 4.90 Å². The number of urea groups is 1. The first-order valence-corrected chi connectivity index (χ1v) is 14.1. The van der Waals surface area contributed by atoms with E-state index in [1.54, 1.807) is 45.2 Å². The number of fused-ring (bicyclic) bond motifs is 2. The number of carbonyl (C=O) groups is 3. The zero-order valence-corrected chi connectivity index (χ0v) is 25.2. The monoisotopic (exact) mass is 623 g/mol. The highest BCUT2D eigenvalue weighted by Crippen LogP contribution is 2.43. The fourth-order valence-corrected chi connectivity index (χ4v) is 5.87. The quantitative estimate of drug-likeness (QED) is 0.418. The molecule has 1 spiro atoms. The fraction of sp³-hybridized carbons (Fsp3) is 0.379. The van der Waals surface area contributed by atoms with Crippen molar-refractivity contribution in [2.45, 2.75) is 25.2 Å². The average molecular weight is 625 g/mol. The lowest BCUT2D eigenvalue weighted by Crippen LogP contribution is -2.63. The molecular formula is C29H34BrN7O4. The molecule has 0 radical (unpaired) electrons. The summed E-state index contributed by atoms with van der Waals surface area (Å²) in [6, 6.07) is 14.8. The van der Waals surface area contributed by atoms with Gasteiger partial charge in [0.15, 0.2) is 5.82 Å². The number of rotatable bonds is 7. The second-order valence-corrected chi connectivity index (χ2v) is 11.5. The van der Waals surface area contributed by atoms with Crippen LogP contribution in [0.3, 0.4) is 0 Å². The molecule has 0 unspecified atom stereocenters. The minimum atomic E-state index is -0.395. The number of imidazole rings is 1. The molecule has 216 valence electrons. The van der Waals surface area contributed by atoms with E-state index >= 15 is 0 Å². The lowest BCUT2D eigenvalue weighted by molar-refractivity contribution is -0.163. The molecule has 0 aliphatic carbocycles. The molecule has 0 atom stereocenters. The Bertz CT molecular complexity index is 1450. The molecule has 2 aliphatic rings. The number of halogens is 1. The molecule has 12 heteroatoms. The minimum absolute atomic E-state index is 0.0254. The molecule has 4 amide bonds. The Kier molecular flexibility index (Phi) is 8.16. The number of nitrogens with one attached hydrogen (secondary N) is 2. The summed E-state index contributed by atoms with van der Waals surface area (Å²) in [6.07, 6.45) is 0. The largest absolute Gasteiger partial charge is 0.377 e. The molecule has 2 aromatic carbocycles. The van der Waals surface area contributed by atoms with Gasteiger partial charge in [0, 0.05) is 65.6 Å². The van der Waals surface area contributed by atoms with Crippen LogP contribution >= 0.6 is 15.9 Å². The predicted octanol–water partition coefficient (Wildman–Crippen LogP) is 3.11. The summed E-state index contributed by atoms with van der Waals surface area (Å²) < 4.78 is 8.35. The molecule has 41 heavy (non-hydrogen) atoms. The van der Waals surface area contributed by atoms with E-state index in [1.807, 2.05) is 41.0 Å². The third-order valence-electron chi connectivity index (χ3n) is 7.49. The van der Waals surface area contributed by atoms with Gasteiger partial charge in [0.1, 0.15) is 10.1 Å². The molecule has 3 aromatic rings. The molecule has 0 saturated carbocycles. The molecule has 1 saturated heterocycles. The predicted molar refractivity (Wildman–Crippen MR) is 158 cm³/mol. The van der Waals surface area contributed by atoms with Crippen LogP contribution in [0.4, 0.5) is 10.5 Å². The summed E-state index contributed by atoms with van der Waals surface area (Å²) in [5.74, 6) is 0.0775. The summed E-state index contributed by atoms with van der Waals surface area (Å²) in [5, 5.41) is 5.78. The SMILES string of the molecule is CN(C)C(=O)Nc1ccc(CNC(=O)c2nc(Br)c3n2CCN(Cc2ccc(C(=O)N(C)C)cc2)C32COC2)cc1. The number of hydrogen-bond donors (Lipinski definition) is 2. The van der Waals surface area contributed by atoms with E-state index in [0.717, 1.165) is 23.4 Å². The topological polar surface area (TPSA) is 112 Å². The Morgan fingerprint density at radius 1 is 0.951 bits per heavy atom. The van der Waals surface area contributed by atoms with Crippen molar-refractivity contribution in [3.8, 4) is 0 Å². The molecule has 1 aromatic heterocycles. The van der Waals surface area contributed by atoms with Crippen molar-refractivity contribution in [2.75, 3.05) is 53.3 Å². The van der Waals surface area contributed by atoms with E-state index in [0.29, 0.717) is 54.5 Å². The van der Waals surface area contributed by atoms with Gasteiger partial charge in [-0.2, -0.15) is 0 Å². The van der Waals surface area contributed by atoms with Gasteiger partial charge >= 0.3 is 6.03 Å². The van der Waals surface area contributed by atoms with Gasteiger partial charge in [-0.25, -0.2) is 9.78 Å². The number of ether oxygens (including phenoxy) is 1. The van der Waals surface area contributed by atoms with Crippen molar-refractivity contribution in [1.29, 1.82) is 0 Å². The second-order valence-electron chi connectivity index (χ2n) is 10.8. The van der Waals surface area contributed by atoms with Crippen molar-refractivity contribution >= 4 is 39.5 Å². The van der Waals surface area contributed by atoms with Crippen molar-refractivity contribution < 1.29 is 19.1 Å². The number of aromatic nitrogens is 2. The smallest absolute Gasteiger partial charge is 0.321 e. The molecule has 5 rings (SSSR count). The zero-order valence-electron chi connectivity index (χ0n) is 23.6. The van der Waals surface area contributed by atoms with Gasteiger partial charge in [-0.1, -0.05) is 24.3 Å². The van der Waals surface area contributed by atoms with Crippen molar-refractivity contribution in [3.05, 3.63) is 81.3 Å². The molecule has 1 fully saturated rings. The van der Waals surface area contributed by atoms with E-state index < -0.39 is 5.54 Å². The molecule has 3 heterocycles. The number of hydrogen-bond acceptors (Lipinski definition) is 6. The number of anilines is 1. The fourth-order valence-electron chi connectivity index (χ4n) is 5.12. The highest BCUT2D eigenvalue weighted by molar-refractivity contribution is 9.10. The Hall–Kier alpha value is -3.74. The lowest BCUT2D eigenvalue weighted by Gasteiger charge is -2.52. The number of amides is 4. The van der Waals surface area contributed by atoms with Crippen molar-refractivity contribution in [3.63, 3.8) is 0 Å². The van der Waals surface area contributed by atoms with Gasteiger partial charge in [0.25, 0.3) is 11.8 Å². The van der Waals surface area contributed by atoms with Crippen LogP contribution in [0.2, 0.25) is 0 Å². The van der Waals surface area contributed by atoms with Crippen LogP contribution in [0.5, 0.6) is 0 Å².